The summed E-state index contributed by atoms with van der Waals surface area (Å²) in [6.07, 6.45) is -0.389. The van der Waals surface area contributed by atoms with Crippen molar-refractivity contribution in [1.29, 1.82) is 0 Å². The van der Waals surface area contributed by atoms with Crippen LogP contribution < -0.4 is 14.8 Å². The highest BCUT2D eigenvalue weighted by molar-refractivity contribution is 5.79. The van der Waals surface area contributed by atoms with Crippen LogP contribution in [0.15, 0.2) is 48.5 Å². The van der Waals surface area contributed by atoms with Crippen LogP contribution in [0.5, 0.6) is 11.9 Å². The molecule has 1 unspecified atom stereocenters. The fraction of sp³-hybridized carbons (Fsp3) is 0.250. The van der Waals surface area contributed by atoms with Crippen LogP contribution in [0.2, 0.25) is 0 Å². The van der Waals surface area contributed by atoms with Crippen LogP contribution in [-0.2, 0) is 0 Å². The van der Waals surface area contributed by atoms with Crippen LogP contribution in [0.3, 0.4) is 0 Å². The van der Waals surface area contributed by atoms with E-state index in [1.807, 2.05) is 24.3 Å². The lowest BCUT2D eigenvalue weighted by Crippen LogP contribution is -2.17. The topological polar surface area (TPSA) is 69.2 Å². The number of anilines is 1. The zero-order valence-corrected chi connectivity index (χ0v) is 14.9. The van der Waals surface area contributed by atoms with Gasteiger partial charge in [0.1, 0.15) is 0 Å². The van der Waals surface area contributed by atoms with Gasteiger partial charge >= 0.3 is 6.01 Å². The van der Waals surface area contributed by atoms with E-state index < -0.39 is 0 Å². The van der Waals surface area contributed by atoms with Crippen LogP contribution in [0.4, 0.5) is 5.69 Å². The SMILES string of the molecule is COc1nnc2c(n1)OC(c1ccc(C(C)C)cc1)Nc1ccccc1-2. The van der Waals surface area contributed by atoms with Crippen LogP contribution in [0.1, 0.15) is 37.1 Å². The zero-order valence-electron chi connectivity index (χ0n) is 14.9. The molecule has 4 rings (SSSR count). The number of methoxy groups -OCH3 is 1. The Morgan fingerprint density at radius 3 is 2.54 bits per heavy atom. The Balaban J connectivity index is 1.79. The van der Waals surface area contributed by atoms with Gasteiger partial charge in [0.05, 0.1) is 7.11 Å². The van der Waals surface area contributed by atoms with Crippen molar-refractivity contribution < 1.29 is 9.47 Å². The van der Waals surface area contributed by atoms with Crippen molar-refractivity contribution in [3.63, 3.8) is 0 Å². The van der Waals surface area contributed by atoms with E-state index in [4.69, 9.17) is 9.47 Å². The molecule has 0 aliphatic carbocycles. The molecular weight excluding hydrogens is 328 g/mol. The summed E-state index contributed by atoms with van der Waals surface area (Å²) in [5.74, 6) is 0.877. The average molecular weight is 348 g/mol. The van der Waals surface area contributed by atoms with E-state index in [9.17, 15) is 0 Å². The number of ether oxygens (including phenoxy) is 2. The molecule has 2 heterocycles. The lowest BCUT2D eigenvalue weighted by atomic mass is 10.0. The standard InChI is InChI=1S/C20H20N4O2/c1-12(2)13-8-10-14(11-9-13)18-21-16-7-5-4-6-15(16)17-19(26-18)22-20(25-3)24-23-17/h4-12,18,21H,1-3H3. The van der Waals surface area contributed by atoms with Gasteiger partial charge in [0.15, 0.2) is 11.9 Å². The smallest absolute Gasteiger partial charge is 0.338 e. The lowest BCUT2D eigenvalue weighted by molar-refractivity contribution is 0.223. The number of nitrogens with zero attached hydrogens (tertiary/aromatic N) is 3. The molecule has 1 N–H and O–H groups in total. The van der Waals surface area contributed by atoms with Crippen LogP contribution in [0, 0.1) is 0 Å². The predicted molar refractivity (Wildman–Crippen MR) is 99.3 cm³/mol. The van der Waals surface area contributed by atoms with E-state index >= 15 is 0 Å². The highest BCUT2D eigenvalue weighted by Gasteiger charge is 2.26. The van der Waals surface area contributed by atoms with Gasteiger partial charge in [-0.05, 0) is 17.5 Å². The summed E-state index contributed by atoms with van der Waals surface area (Å²) in [4.78, 5) is 4.35. The third-order valence-corrected chi connectivity index (χ3v) is 4.42. The maximum Gasteiger partial charge on any atom is 0.338 e. The molecule has 1 aromatic heterocycles. The molecule has 0 amide bonds. The van der Waals surface area contributed by atoms with Gasteiger partial charge < -0.3 is 14.8 Å². The molecule has 0 spiro atoms. The molecule has 0 fully saturated rings. The van der Waals surface area contributed by atoms with Crippen LogP contribution in [0.25, 0.3) is 11.3 Å². The molecule has 1 atom stereocenters. The zero-order chi connectivity index (χ0) is 18.1. The molecule has 132 valence electrons. The summed E-state index contributed by atoms with van der Waals surface area (Å²) in [6, 6.07) is 16.5. The molecule has 1 aliphatic rings. The summed E-state index contributed by atoms with van der Waals surface area (Å²) >= 11 is 0. The minimum absolute atomic E-state index is 0.178. The first-order valence-corrected chi connectivity index (χ1v) is 8.57. The molecule has 0 bridgehead atoms. The van der Waals surface area contributed by atoms with E-state index in [0.29, 0.717) is 17.5 Å². The van der Waals surface area contributed by atoms with Crippen molar-refractivity contribution in [2.24, 2.45) is 0 Å². The van der Waals surface area contributed by atoms with Gasteiger partial charge in [-0.25, -0.2) is 0 Å². The van der Waals surface area contributed by atoms with Crippen molar-refractivity contribution in [3.8, 4) is 23.1 Å². The summed E-state index contributed by atoms with van der Waals surface area (Å²) in [7, 11) is 1.51. The van der Waals surface area contributed by atoms with Crippen molar-refractivity contribution in [2.75, 3.05) is 12.4 Å². The minimum atomic E-state index is -0.389. The Labute approximate surface area is 152 Å². The summed E-state index contributed by atoms with van der Waals surface area (Å²) in [5, 5.41) is 11.7. The normalized spacial score (nSPS) is 15.3. The number of hydrogen-bond acceptors (Lipinski definition) is 6. The summed E-state index contributed by atoms with van der Waals surface area (Å²) in [6.45, 7) is 4.35. The molecule has 0 radical (unpaired) electrons. The fourth-order valence-corrected chi connectivity index (χ4v) is 2.94. The number of fused-ring (bicyclic) bond motifs is 3. The first-order valence-electron chi connectivity index (χ1n) is 8.57. The second kappa shape index (κ2) is 6.63. The number of hydrogen-bond donors (Lipinski definition) is 1. The molecule has 0 saturated heterocycles. The van der Waals surface area contributed by atoms with E-state index in [2.05, 4.69) is 58.6 Å². The predicted octanol–water partition coefficient (Wildman–Crippen LogP) is 4.17. The second-order valence-electron chi connectivity index (χ2n) is 6.46. The maximum absolute atomic E-state index is 6.16. The minimum Gasteiger partial charge on any atom is -0.466 e. The monoisotopic (exact) mass is 348 g/mol. The Hall–Kier alpha value is -3.15. The Morgan fingerprint density at radius 1 is 1.04 bits per heavy atom. The highest BCUT2D eigenvalue weighted by atomic mass is 16.5. The summed E-state index contributed by atoms with van der Waals surface area (Å²) < 4.78 is 11.3. The molecular formula is C20H20N4O2. The molecule has 2 aromatic carbocycles. The third kappa shape index (κ3) is 2.94. The molecule has 6 heteroatoms. The van der Waals surface area contributed by atoms with Crippen molar-refractivity contribution in [3.05, 3.63) is 59.7 Å². The van der Waals surface area contributed by atoms with Gasteiger partial charge in [-0.1, -0.05) is 61.4 Å². The van der Waals surface area contributed by atoms with Gasteiger partial charge in [-0.3, -0.25) is 0 Å². The molecule has 1 aliphatic heterocycles. The van der Waals surface area contributed by atoms with Gasteiger partial charge in [0, 0.05) is 16.8 Å². The largest absolute Gasteiger partial charge is 0.466 e. The van der Waals surface area contributed by atoms with E-state index in [1.54, 1.807) is 0 Å². The van der Waals surface area contributed by atoms with Gasteiger partial charge in [0.2, 0.25) is 5.88 Å². The third-order valence-electron chi connectivity index (χ3n) is 4.42. The second-order valence-corrected chi connectivity index (χ2v) is 6.46. The molecule has 3 aromatic rings. The van der Waals surface area contributed by atoms with Gasteiger partial charge in [0.25, 0.3) is 0 Å². The Morgan fingerprint density at radius 2 is 1.81 bits per heavy atom. The number of para-hydroxylation sites is 1. The van der Waals surface area contributed by atoms with Crippen LogP contribution in [-0.4, -0.2) is 22.3 Å². The van der Waals surface area contributed by atoms with Crippen molar-refractivity contribution in [1.82, 2.24) is 15.2 Å². The Bertz CT molecular complexity index is 925. The molecule has 6 nitrogen and oxygen atoms in total. The lowest BCUT2D eigenvalue weighted by Gasteiger charge is -2.20. The van der Waals surface area contributed by atoms with Gasteiger partial charge in [-0.15, -0.1) is 5.10 Å². The van der Waals surface area contributed by atoms with Crippen molar-refractivity contribution in [2.45, 2.75) is 26.0 Å². The van der Waals surface area contributed by atoms with Gasteiger partial charge in [-0.2, -0.15) is 4.98 Å². The number of nitrogens with one attached hydrogen (secondary N) is 1. The first kappa shape index (κ1) is 16.3. The van der Waals surface area contributed by atoms with E-state index in [-0.39, 0.29) is 12.2 Å². The molecule has 0 saturated carbocycles. The number of aromatic nitrogens is 3. The van der Waals surface area contributed by atoms with Crippen molar-refractivity contribution >= 4 is 5.69 Å². The highest BCUT2D eigenvalue weighted by Crippen LogP contribution is 2.39. The summed E-state index contributed by atoms with van der Waals surface area (Å²) in [5.41, 5.74) is 4.70. The number of benzene rings is 2. The van der Waals surface area contributed by atoms with E-state index in [1.165, 1.54) is 12.7 Å². The molecule has 26 heavy (non-hydrogen) atoms. The first-order chi connectivity index (χ1) is 12.7. The fourth-order valence-electron chi connectivity index (χ4n) is 2.94. The average Bonchev–Trinajstić information content (AvgIpc) is 2.84. The van der Waals surface area contributed by atoms with E-state index in [0.717, 1.165) is 16.8 Å². The van der Waals surface area contributed by atoms with Crippen LogP contribution >= 0.6 is 0 Å². The quantitative estimate of drug-likeness (QED) is 0.766. The number of rotatable bonds is 3. The Kier molecular flexibility index (Phi) is 4.16. The maximum atomic E-state index is 6.16.